The quantitative estimate of drug-likeness (QED) is 0.843. The number of amides is 1. The highest BCUT2D eigenvalue weighted by Gasteiger charge is 2.39. The van der Waals surface area contributed by atoms with Crippen LogP contribution < -0.4 is 5.32 Å². The number of halogens is 4. The summed E-state index contributed by atoms with van der Waals surface area (Å²) in [6.45, 7) is 5.37. The number of rotatable bonds is 2. The molecule has 0 aliphatic heterocycles. The molecule has 0 aliphatic carbocycles. The molecule has 0 aliphatic rings. The van der Waals surface area contributed by atoms with E-state index in [0.29, 0.717) is 0 Å². The molecule has 1 heterocycles. The number of anilines is 1. The number of carbonyl (C=O) groups is 1. The minimum absolute atomic E-state index is 0.127. The molecular formula is C15H15ClF3N3O2. The Morgan fingerprint density at radius 2 is 1.88 bits per heavy atom. The normalized spacial score (nSPS) is 12.3. The van der Waals surface area contributed by atoms with Gasteiger partial charge in [0, 0.05) is 22.3 Å². The molecule has 9 heteroatoms. The summed E-state index contributed by atoms with van der Waals surface area (Å²) in [6, 6.07) is 4.12. The van der Waals surface area contributed by atoms with E-state index in [0.717, 1.165) is 0 Å². The van der Waals surface area contributed by atoms with Crippen LogP contribution in [-0.4, -0.2) is 27.0 Å². The summed E-state index contributed by atoms with van der Waals surface area (Å²) >= 11 is 5.89. The molecule has 24 heavy (non-hydrogen) atoms. The van der Waals surface area contributed by atoms with Crippen LogP contribution in [0.25, 0.3) is 11.1 Å². The number of phenols is 1. The summed E-state index contributed by atoms with van der Waals surface area (Å²) in [4.78, 5) is 11.3. The summed E-state index contributed by atoms with van der Waals surface area (Å²) in [5, 5.41) is 16.0. The zero-order valence-corrected chi connectivity index (χ0v) is 13.8. The van der Waals surface area contributed by atoms with Gasteiger partial charge in [0.2, 0.25) is 0 Å². The van der Waals surface area contributed by atoms with E-state index in [1.165, 1.54) is 29.1 Å². The van der Waals surface area contributed by atoms with Crippen LogP contribution in [-0.2, 0) is 10.3 Å². The van der Waals surface area contributed by atoms with Crippen LogP contribution in [0.5, 0.6) is 5.75 Å². The molecule has 0 spiro atoms. The number of aromatic nitrogens is 2. The average molecular weight is 362 g/mol. The fourth-order valence-electron chi connectivity index (χ4n) is 1.91. The number of aromatic hydroxyl groups is 1. The molecule has 0 fully saturated rings. The van der Waals surface area contributed by atoms with Crippen molar-refractivity contribution >= 4 is 23.3 Å². The summed E-state index contributed by atoms with van der Waals surface area (Å²) < 4.78 is 39.0. The van der Waals surface area contributed by atoms with Crippen molar-refractivity contribution in [3.05, 3.63) is 29.4 Å². The van der Waals surface area contributed by atoms with Crippen molar-refractivity contribution in [3.8, 4) is 16.9 Å². The van der Waals surface area contributed by atoms with Gasteiger partial charge in [-0.1, -0.05) is 11.6 Å². The summed E-state index contributed by atoms with van der Waals surface area (Å²) in [6.07, 6.45) is -3.61. The van der Waals surface area contributed by atoms with Gasteiger partial charge in [-0.2, -0.15) is 18.3 Å². The predicted molar refractivity (Wildman–Crippen MR) is 84.0 cm³/mol. The monoisotopic (exact) mass is 361 g/mol. The third kappa shape index (κ3) is 3.81. The van der Waals surface area contributed by atoms with Crippen LogP contribution in [0.1, 0.15) is 20.8 Å². The minimum atomic E-state index is -5.06. The lowest BCUT2D eigenvalue weighted by atomic mass is 10.1. The molecule has 2 rings (SSSR count). The largest absolute Gasteiger partial charge is 0.507 e. The zero-order chi connectivity index (χ0) is 18.3. The molecule has 5 nitrogen and oxygen atoms in total. The third-order valence-electron chi connectivity index (χ3n) is 3.14. The van der Waals surface area contributed by atoms with Gasteiger partial charge in [-0.05, 0) is 39.0 Å². The molecule has 130 valence electrons. The number of benzene rings is 1. The van der Waals surface area contributed by atoms with Gasteiger partial charge in [0.25, 0.3) is 0 Å². The van der Waals surface area contributed by atoms with Crippen LogP contribution in [0.2, 0.25) is 5.02 Å². The summed E-state index contributed by atoms with van der Waals surface area (Å²) in [5.41, 5.74) is -0.262. The molecule has 1 amide bonds. The zero-order valence-electron chi connectivity index (χ0n) is 13.1. The second-order valence-electron chi connectivity index (χ2n) is 6.12. The summed E-state index contributed by atoms with van der Waals surface area (Å²) in [5.74, 6) is -2.66. The minimum Gasteiger partial charge on any atom is -0.507 e. The Labute approximate surface area is 141 Å². The number of carbonyl (C=O) groups excluding carboxylic acids is 1. The van der Waals surface area contributed by atoms with Crippen molar-refractivity contribution < 1.29 is 23.1 Å². The van der Waals surface area contributed by atoms with Crippen molar-refractivity contribution in [1.29, 1.82) is 0 Å². The Hall–Kier alpha value is -2.22. The van der Waals surface area contributed by atoms with Crippen molar-refractivity contribution in [2.75, 3.05) is 5.32 Å². The molecule has 2 N–H and O–H groups in total. The molecular weight excluding hydrogens is 347 g/mol. The topological polar surface area (TPSA) is 67.2 Å². The first-order valence-electron chi connectivity index (χ1n) is 6.87. The average Bonchev–Trinajstić information content (AvgIpc) is 2.84. The van der Waals surface area contributed by atoms with E-state index < -0.39 is 17.6 Å². The highest BCUT2D eigenvalue weighted by Crippen LogP contribution is 2.37. The fraction of sp³-hybridized carbons (Fsp3) is 0.333. The van der Waals surface area contributed by atoms with E-state index in [4.69, 9.17) is 11.6 Å². The van der Waals surface area contributed by atoms with Crippen molar-refractivity contribution in [3.63, 3.8) is 0 Å². The SMILES string of the molecule is CC(C)(C)n1cc(-c2cc(Cl)ccc2O)c(NC(=O)C(F)(F)F)n1. The standard InChI is InChI=1S/C15H15ClF3N3O2/c1-14(2,3)22-7-10(9-6-8(16)4-5-11(9)23)12(21-22)20-13(24)15(17,18)19/h4-7,23H,1-3H3,(H,20,21,24). The maximum Gasteiger partial charge on any atom is 0.471 e. The van der Waals surface area contributed by atoms with Gasteiger partial charge < -0.3 is 10.4 Å². The lowest BCUT2D eigenvalue weighted by molar-refractivity contribution is -0.167. The van der Waals surface area contributed by atoms with E-state index in [9.17, 15) is 23.1 Å². The molecule has 2 aromatic rings. The smallest absolute Gasteiger partial charge is 0.471 e. The molecule has 0 unspecified atom stereocenters. The highest BCUT2D eigenvalue weighted by atomic mass is 35.5. The van der Waals surface area contributed by atoms with Crippen molar-refractivity contribution in [2.45, 2.75) is 32.5 Å². The van der Waals surface area contributed by atoms with E-state index in [2.05, 4.69) is 5.10 Å². The van der Waals surface area contributed by atoms with Gasteiger partial charge in [-0.3, -0.25) is 9.48 Å². The molecule has 0 bridgehead atoms. The third-order valence-corrected chi connectivity index (χ3v) is 3.37. The number of nitrogens with one attached hydrogen (secondary N) is 1. The molecule has 0 atom stereocenters. The maximum absolute atomic E-state index is 12.5. The lowest BCUT2D eigenvalue weighted by Gasteiger charge is -2.18. The summed E-state index contributed by atoms with van der Waals surface area (Å²) in [7, 11) is 0. The number of nitrogens with zero attached hydrogens (tertiary/aromatic N) is 2. The van der Waals surface area contributed by atoms with Crippen LogP contribution in [0.3, 0.4) is 0 Å². The van der Waals surface area contributed by atoms with Crippen LogP contribution >= 0.6 is 11.6 Å². The first-order chi connectivity index (χ1) is 10.9. The maximum atomic E-state index is 12.5. The lowest BCUT2D eigenvalue weighted by Crippen LogP contribution is -2.30. The number of alkyl halides is 3. The van der Waals surface area contributed by atoms with Gasteiger partial charge >= 0.3 is 12.1 Å². The number of hydrogen-bond donors (Lipinski definition) is 2. The Kier molecular flexibility index (Phi) is 4.54. The number of phenolic OH excluding ortho intramolecular Hbond substituents is 1. The van der Waals surface area contributed by atoms with Crippen molar-refractivity contribution in [1.82, 2.24) is 9.78 Å². The van der Waals surface area contributed by atoms with Gasteiger partial charge in [0.15, 0.2) is 5.82 Å². The first-order valence-corrected chi connectivity index (χ1v) is 7.24. The number of hydrogen-bond acceptors (Lipinski definition) is 3. The Morgan fingerprint density at radius 1 is 1.25 bits per heavy atom. The molecule has 0 saturated carbocycles. The fourth-order valence-corrected chi connectivity index (χ4v) is 2.08. The van der Waals surface area contributed by atoms with Crippen LogP contribution in [0, 0.1) is 0 Å². The van der Waals surface area contributed by atoms with Crippen molar-refractivity contribution in [2.24, 2.45) is 0 Å². The van der Waals surface area contributed by atoms with Gasteiger partial charge in [0.05, 0.1) is 5.54 Å². The van der Waals surface area contributed by atoms with E-state index in [-0.39, 0.29) is 27.7 Å². The first kappa shape index (κ1) is 18.1. The predicted octanol–water partition coefficient (Wildman–Crippen LogP) is 4.16. The highest BCUT2D eigenvalue weighted by molar-refractivity contribution is 6.31. The van der Waals surface area contributed by atoms with Gasteiger partial charge in [-0.15, -0.1) is 0 Å². The van der Waals surface area contributed by atoms with Crippen LogP contribution in [0.4, 0.5) is 19.0 Å². The molecule has 1 aromatic carbocycles. The Morgan fingerprint density at radius 3 is 2.42 bits per heavy atom. The van der Waals surface area contributed by atoms with Gasteiger partial charge in [-0.25, -0.2) is 0 Å². The Bertz CT molecular complexity index is 779. The van der Waals surface area contributed by atoms with E-state index >= 15 is 0 Å². The molecule has 1 aromatic heterocycles. The second-order valence-corrected chi connectivity index (χ2v) is 6.56. The van der Waals surface area contributed by atoms with Crippen LogP contribution in [0.15, 0.2) is 24.4 Å². The Balaban J connectivity index is 2.59. The molecule has 0 radical (unpaired) electrons. The second kappa shape index (κ2) is 6.01. The molecule has 0 saturated heterocycles. The van der Waals surface area contributed by atoms with Gasteiger partial charge in [0.1, 0.15) is 5.75 Å². The van der Waals surface area contributed by atoms with E-state index in [1.807, 2.05) is 0 Å². The van der Waals surface area contributed by atoms with E-state index in [1.54, 1.807) is 26.1 Å².